The number of nitrogens with zero attached hydrogens (tertiary/aromatic N) is 3. The minimum atomic E-state index is -0.115. The van der Waals surface area contributed by atoms with E-state index in [0.717, 1.165) is 45.7 Å². The van der Waals surface area contributed by atoms with Crippen LogP contribution in [-0.2, 0) is 6.42 Å². The van der Waals surface area contributed by atoms with Gasteiger partial charge in [0.2, 0.25) is 11.4 Å². The summed E-state index contributed by atoms with van der Waals surface area (Å²) < 4.78 is 9.31. The van der Waals surface area contributed by atoms with E-state index in [1.807, 2.05) is 12.2 Å². The van der Waals surface area contributed by atoms with Gasteiger partial charge in [-0.2, -0.15) is 4.57 Å². The molecule has 0 bridgehead atoms. The maximum absolute atomic E-state index is 6.73. The number of aliphatic imine (C=N–C) groups is 1. The first-order chi connectivity index (χ1) is 25.2. The van der Waals surface area contributed by atoms with Crippen LogP contribution < -0.4 is 4.57 Å². The second-order valence-corrected chi connectivity index (χ2v) is 15.8. The Hall–Kier alpha value is -5.09. The molecule has 0 N–H and O–H groups in total. The Morgan fingerprint density at radius 2 is 1.67 bits per heavy atom. The molecular weight excluding hydrogens is 635 g/mol. The lowest BCUT2D eigenvalue weighted by Crippen LogP contribution is -2.45. The Morgan fingerprint density at radius 1 is 0.885 bits per heavy atom. The van der Waals surface area contributed by atoms with E-state index in [0.29, 0.717) is 11.6 Å². The normalized spacial score (nSPS) is 19.6. The lowest BCUT2D eigenvalue weighted by atomic mass is 9.77. The van der Waals surface area contributed by atoms with Crippen LogP contribution in [0, 0.1) is 26.7 Å². The van der Waals surface area contributed by atoms with Crippen molar-refractivity contribution >= 4 is 27.8 Å². The van der Waals surface area contributed by atoms with E-state index in [9.17, 15) is 0 Å². The molecule has 0 radical (unpaired) electrons. The predicted octanol–water partition coefficient (Wildman–Crippen LogP) is 11.6. The Kier molecular flexibility index (Phi) is 7.91. The quantitative estimate of drug-likeness (QED) is 0.124. The molecule has 3 aromatic heterocycles. The Bertz CT molecular complexity index is 2470. The molecule has 4 heteroatoms. The summed E-state index contributed by atoms with van der Waals surface area (Å²) in [6, 6.07) is 24.6. The van der Waals surface area contributed by atoms with Gasteiger partial charge < -0.3 is 4.42 Å². The van der Waals surface area contributed by atoms with E-state index in [1.54, 1.807) is 0 Å². The van der Waals surface area contributed by atoms with Crippen LogP contribution >= 0.6 is 0 Å². The van der Waals surface area contributed by atoms with Crippen LogP contribution in [0.4, 0.5) is 0 Å². The first kappa shape index (κ1) is 32.8. The smallest absolute Gasteiger partial charge is 0.227 e. The second kappa shape index (κ2) is 12.5. The molecule has 1 aliphatic carbocycles. The van der Waals surface area contributed by atoms with Crippen molar-refractivity contribution in [2.24, 2.45) is 10.9 Å². The van der Waals surface area contributed by atoms with E-state index >= 15 is 0 Å². The highest BCUT2D eigenvalue weighted by molar-refractivity contribution is 6.10. The van der Waals surface area contributed by atoms with Gasteiger partial charge in [0.05, 0.1) is 28.9 Å². The minimum Gasteiger partial charge on any atom is -0.438 e. The van der Waals surface area contributed by atoms with Crippen molar-refractivity contribution in [1.82, 2.24) is 4.98 Å². The van der Waals surface area contributed by atoms with Gasteiger partial charge in [0.15, 0.2) is 12.2 Å². The summed E-state index contributed by atoms with van der Waals surface area (Å²) in [5.41, 5.74) is 17.6. The Balaban J connectivity index is 1.28. The van der Waals surface area contributed by atoms with E-state index in [1.165, 1.54) is 81.4 Å². The van der Waals surface area contributed by atoms with Crippen molar-refractivity contribution in [1.29, 1.82) is 0 Å². The largest absolute Gasteiger partial charge is 0.438 e. The molecule has 4 nitrogen and oxygen atoms in total. The van der Waals surface area contributed by atoms with Crippen LogP contribution in [0.2, 0.25) is 0 Å². The fraction of sp³-hybridized carbons (Fsp3) is 0.312. The van der Waals surface area contributed by atoms with Crippen molar-refractivity contribution in [3.05, 3.63) is 143 Å². The van der Waals surface area contributed by atoms with Crippen molar-refractivity contribution in [2.45, 2.75) is 90.6 Å². The summed E-state index contributed by atoms with van der Waals surface area (Å²) >= 11 is 0. The topological polar surface area (TPSA) is 42.3 Å². The molecule has 1 saturated carbocycles. The number of fused-ring (bicyclic) bond motifs is 7. The van der Waals surface area contributed by atoms with Gasteiger partial charge in [-0.05, 0) is 97.2 Å². The first-order valence-corrected chi connectivity index (χ1v) is 19.2. The maximum atomic E-state index is 6.73. The van der Waals surface area contributed by atoms with Crippen molar-refractivity contribution in [2.75, 3.05) is 0 Å². The highest BCUT2D eigenvalue weighted by Gasteiger charge is 2.48. The van der Waals surface area contributed by atoms with Crippen molar-refractivity contribution in [3.63, 3.8) is 0 Å². The van der Waals surface area contributed by atoms with Crippen LogP contribution in [0.5, 0.6) is 0 Å². The summed E-state index contributed by atoms with van der Waals surface area (Å²) in [4.78, 5) is 10.4. The average Bonchev–Trinajstić information content (AvgIpc) is 3.87. The highest BCUT2D eigenvalue weighted by atomic mass is 16.3. The predicted molar refractivity (Wildman–Crippen MR) is 215 cm³/mol. The average molecular weight is 683 g/mol. The molecule has 5 heterocycles. The van der Waals surface area contributed by atoms with Crippen LogP contribution in [0.15, 0.2) is 108 Å². The van der Waals surface area contributed by atoms with Crippen LogP contribution in [0.25, 0.3) is 44.6 Å². The van der Waals surface area contributed by atoms with E-state index in [4.69, 9.17) is 14.4 Å². The summed E-state index contributed by atoms with van der Waals surface area (Å²) in [6.45, 7) is 19.7. The summed E-state index contributed by atoms with van der Waals surface area (Å²) in [7, 11) is 0. The number of aryl methyl sites for hydroxylation is 2. The third kappa shape index (κ3) is 5.05. The molecule has 3 atom stereocenters. The number of pyridine rings is 2. The molecule has 0 spiro atoms. The third-order valence-electron chi connectivity index (χ3n) is 12.5. The number of hydrogen-bond acceptors (Lipinski definition) is 3. The molecule has 1 fully saturated rings. The number of allylic oxidation sites excluding steroid dienone is 1. The molecule has 0 amide bonds. The lowest BCUT2D eigenvalue weighted by Gasteiger charge is -2.31. The van der Waals surface area contributed by atoms with E-state index < -0.39 is 0 Å². The zero-order valence-electron chi connectivity index (χ0n) is 31.2. The summed E-state index contributed by atoms with van der Waals surface area (Å²) in [6.07, 6.45) is 12.9. The molecule has 0 saturated heterocycles. The third-order valence-corrected chi connectivity index (χ3v) is 12.5. The van der Waals surface area contributed by atoms with Gasteiger partial charge in [0.25, 0.3) is 0 Å². The number of hydrogen-bond donors (Lipinski definition) is 0. The van der Waals surface area contributed by atoms with E-state index in [-0.39, 0.29) is 18.0 Å². The number of aromatic nitrogens is 2. The second-order valence-electron chi connectivity index (χ2n) is 15.8. The zero-order chi connectivity index (χ0) is 35.8. The molecule has 3 unspecified atom stereocenters. The summed E-state index contributed by atoms with van der Waals surface area (Å²) in [5.74, 6) is 1.22. The molecule has 52 heavy (non-hydrogen) atoms. The monoisotopic (exact) mass is 682 g/mol. The van der Waals surface area contributed by atoms with Gasteiger partial charge in [-0.1, -0.05) is 88.6 Å². The van der Waals surface area contributed by atoms with Crippen molar-refractivity contribution < 1.29 is 8.98 Å². The minimum absolute atomic E-state index is 0.000946. The number of benzene rings is 3. The van der Waals surface area contributed by atoms with Gasteiger partial charge in [-0.15, -0.1) is 6.58 Å². The maximum Gasteiger partial charge on any atom is 0.227 e. The molecule has 2 aliphatic heterocycles. The van der Waals surface area contributed by atoms with Crippen LogP contribution in [-0.4, -0.2) is 16.7 Å². The standard InChI is InChI=1S/C48H48N3O/c1-8-40-33-16-12-13-17-34(33)46(41(9-2)49-40)47-38-25-44-37(35-20-21-42(50-48(35)52-44)45-29(6)19-18-28(5)30(45)7)24-36(38)43-23-32(22-31-14-10-11-15-31)39(27(3)4)26-51(43)47/h8-9,12-13,16-21,23-27,31,41,46-47H,1-2,10-11,14-15,22H2,3-7H3/q+1. The Morgan fingerprint density at radius 3 is 2.44 bits per heavy atom. The molecule has 260 valence electrons. The zero-order valence-corrected chi connectivity index (χ0v) is 31.2. The van der Waals surface area contributed by atoms with Gasteiger partial charge in [0, 0.05) is 39.1 Å². The number of furan rings is 1. The molecule has 3 aliphatic rings. The lowest BCUT2D eigenvalue weighted by molar-refractivity contribution is -0.701. The van der Waals surface area contributed by atoms with Crippen LogP contribution in [0.1, 0.15) is 102 Å². The summed E-state index contributed by atoms with van der Waals surface area (Å²) in [5, 5.41) is 2.16. The molecule has 3 aromatic carbocycles. The van der Waals surface area contributed by atoms with E-state index in [2.05, 4.69) is 125 Å². The Labute approximate surface area is 307 Å². The van der Waals surface area contributed by atoms with Gasteiger partial charge in [0.1, 0.15) is 5.58 Å². The SMILES string of the molecule is C=CC1=NC(C=C)C(C2c3cc4oc5nc(-c6c(C)ccc(C)c6C)ccc5c4cc3-c3cc(CC4CCCC4)c(C(C)C)c[n+]32)c2ccccc21. The fourth-order valence-corrected chi connectivity index (χ4v) is 9.71. The number of rotatable bonds is 7. The fourth-order valence-electron chi connectivity index (χ4n) is 9.71. The van der Waals surface area contributed by atoms with Gasteiger partial charge in [-0.25, -0.2) is 4.98 Å². The van der Waals surface area contributed by atoms with Gasteiger partial charge in [-0.3, -0.25) is 4.99 Å². The first-order valence-electron chi connectivity index (χ1n) is 19.2. The highest BCUT2D eigenvalue weighted by Crippen LogP contribution is 2.49. The molecule has 6 aromatic rings. The van der Waals surface area contributed by atoms with Crippen LogP contribution in [0.3, 0.4) is 0 Å². The van der Waals surface area contributed by atoms with Crippen molar-refractivity contribution in [3.8, 4) is 22.5 Å². The van der Waals surface area contributed by atoms with Gasteiger partial charge >= 0.3 is 0 Å². The molecule has 9 rings (SSSR count). The molecular formula is C48H48N3O+.